The molecule has 2 heteroatoms. The molecule has 18 heavy (non-hydrogen) atoms. The van der Waals surface area contributed by atoms with Crippen molar-refractivity contribution in [2.24, 2.45) is 5.92 Å². The molecule has 1 fully saturated rings. The molecule has 1 aromatic rings. The second kappa shape index (κ2) is 5.85. The van der Waals surface area contributed by atoms with Crippen molar-refractivity contribution in [3.05, 3.63) is 35.4 Å². The van der Waals surface area contributed by atoms with Gasteiger partial charge in [0.1, 0.15) is 0 Å². The van der Waals surface area contributed by atoms with Crippen LogP contribution < -0.4 is 5.32 Å². The molecular weight excluding hydrogens is 222 g/mol. The van der Waals surface area contributed by atoms with Crippen molar-refractivity contribution in [3.63, 3.8) is 0 Å². The third kappa shape index (κ3) is 3.33. The zero-order valence-corrected chi connectivity index (χ0v) is 11.6. The molecule has 2 N–H and O–H groups in total. The summed E-state index contributed by atoms with van der Waals surface area (Å²) in [4.78, 5) is 0. The fraction of sp³-hybridized carbons (Fsp3) is 0.625. The van der Waals surface area contributed by atoms with E-state index in [4.69, 9.17) is 0 Å². The quantitative estimate of drug-likeness (QED) is 0.857. The molecule has 0 unspecified atom stereocenters. The summed E-state index contributed by atoms with van der Waals surface area (Å²) in [5.74, 6) is 0.811. The van der Waals surface area contributed by atoms with Crippen LogP contribution in [0.15, 0.2) is 24.3 Å². The summed E-state index contributed by atoms with van der Waals surface area (Å²) >= 11 is 0. The lowest BCUT2D eigenvalue weighted by molar-refractivity contribution is 0.104. The molecule has 0 bridgehead atoms. The minimum Gasteiger partial charge on any atom is -0.394 e. The summed E-state index contributed by atoms with van der Waals surface area (Å²) in [7, 11) is 0. The van der Waals surface area contributed by atoms with Crippen molar-refractivity contribution in [2.45, 2.75) is 51.6 Å². The topological polar surface area (TPSA) is 32.3 Å². The Kier molecular flexibility index (Phi) is 4.41. The van der Waals surface area contributed by atoms with Crippen LogP contribution in [0.25, 0.3) is 0 Å². The SMILES string of the molecule is Cc1cccc(CNC2(CO)CCC(C)CC2)c1. The van der Waals surface area contributed by atoms with Crippen molar-refractivity contribution < 1.29 is 5.11 Å². The number of nitrogens with one attached hydrogen (secondary N) is 1. The van der Waals surface area contributed by atoms with Crippen LogP contribution in [0.4, 0.5) is 0 Å². The summed E-state index contributed by atoms with van der Waals surface area (Å²) in [6.07, 6.45) is 4.63. The Morgan fingerprint density at radius 3 is 2.67 bits per heavy atom. The Balaban J connectivity index is 1.95. The van der Waals surface area contributed by atoms with Gasteiger partial charge >= 0.3 is 0 Å². The largest absolute Gasteiger partial charge is 0.394 e. The molecule has 100 valence electrons. The first kappa shape index (κ1) is 13.6. The number of rotatable bonds is 4. The Hall–Kier alpha value is -0.860. The molecule has 0 radical (unpaired) electrons. The fourth-order valence-corrected chi connectivity index (χ4v) is 2.82. The minimum atomic E-state index is -0.0454. The Labute approximate surface area is 110 Å². The number of hydrogen-bond acceptors (Lipinski definition) is 2. The van der Waals surface area contributed by atoms with Crippen LogP contribution in [-0.4, -0.2) is 17.3 Å². The maximum Gasteiger partial charge on any atom is 0.0613 e. The number of aryl methyl sites for hydroxylation is 1. The van der Waals surface area contributed by atoms with Gasteiger partial charge < -0.3 is 10.4 Å². The summed E-state index contributed by atoms with van der Waals surface area (Å²) in [6.45, 7) is 5.54. The van der Waals surface area contributed by atoms with Crippen LogP contribution in [0.5, 0.6) is 0 Å². The average Bonchev–Trinajstić information content (AvgIpc) is 2.39. The van der Waals surface area contributed by atoms with Crippen LogP contribution >= 0.6 is 0 Å². The lowest BCUT2D eigenvalue weighted by atomic mass is 9.77. The van der Waals surface area contributed by atoms with E-state index in [0.717, 1.165) is 25.3 Å². The van der Waals surface area contributed by atoms with Gasteiger partial charge in [0.15, 0.2) is 0 Å². The molecule has 1 aromatic carbocycles. The Morgan fingerprint density at radius 1 is 1.33 bits per heavy atom. The van der Waals surface area contributed by atoms with Gasteiger partial charge in [-0.3, -0.25) is 0 Å². The predicted molar refractivity (Wildman–Crippen MR) is 75.5 cm³/mol. The zero-order chi connectivity index (χ0) is 13.0. The second-order valence-electron chi connectivity index (χ2n) is 5.96. The monoisotopic (exact) mass is 247 g/mol. The average molecular weight is 247 g/mol. The molecule has 0 aromatic heterocycles. The van der Waals surface area contributed by atoms with Gasteiger partial charge in [-0.2, -0.15) is 0 Å². The van der Waals surface area contributed by atoms with Crippen molar-refractivity contribution in [2.75, 3.05) is 6.61 Å². The molecule has 2 nitrogen and oxygen atoms in total. The van der Waals surface area contributed by atoms with Gasteiger partial charge in [0.25, 0.3) is 0 Å². The molecule has 1 aliphatic rings. The van der Waals surface area contributed by atoms with Crippen molar-refractivity contribution in [1.82, 2.24) is 5.32 Å². The van der Waals surface area contributed by atoms with E-state index >= 15 is 0 Å². The standard InChI is InChI=1S/C16H25NO/c1-13-6-8-16(12-18,9-7-13)17-11-15-5-3-4-14(2)10-15/h3-5,10,13,17-18H,6-9,11-12H2,1-2H3. The molecule has 0 saturated heterocycles. The molecule has 1 saturated carbocycles. The van der Waals surface area contributed by atoms with Crippen LogP contribution in [-0.2, 0) is 6.54 Å². The number of benzene rings is 1. The van der Waals surface area contributed by atoms with Crippen molar-refractivity contribution >= 4 is 0 Å². The van der Waals surface area contributed by atoms with E-state index in [9.17, 15) is 5.11 Å². The number of aliphatic hydroxyl groups excluding tert-OH is 1. The first-order valence-corrected chi connectivity index (χ1v) is 7.05. The molecule has 0 amide bonds. The lowest BCUT2D eigenvalue weighted by Crippen LogP contribution is -2.50. The van der Waals surface area contributed by atoms with Crippen LogP contribution in [0.3, 0.4) is 0 Å². The van der Waals surface area contributed by atoms with Gasteiger partial charge in [0, 0.05) is 12.1 Å². The van der Waals surface area contributed by atoms with Gasteiger partial charge in [-0.15, -0.1) is 0 Å². The van der Waals surface area contributed by atoms with E-state index in [0.29, 0.717) is 0 Å². The van der Waals surface area contributed by atoms with E-state index in [1.54, 1.807) is 0 Å². The van der Waals surface area contributed by atoms with E-state index < -0.39 is 0 Å². The summed E-state index contributed by atoms with van der Waals surface area (Å²) in [5, 5.41) is 13.3. The Morgan fingerprint density at radius 2 is 2.06 bits per heavy atom. The van der Waals surface area contributed by atoms with Crippen molar-refractivity contribution in [1.29, 1.82) is 0 Å². The zero-order valence-electron chi connectivity index (χ0n) is 11.6. The first-order valence-electron chi connectivity index (χ1n) is 7.05. The number of aliphatic hydroxyl groups is 1. The minimum absolute atomic E-state index is 0.0454. The van der Waals surface area contributed by atoms with Gasteiger partial charge in [-0.05, 0) is 44.1 Å². The maximum absolute atomic E-state index is 9.70. The van der Waals surface area contributed by atoms with Gasteiger partial charge in [0.2, 0.25) is 0 Å². The fourth-order valence-electron chi connectivity index (χ4n) is 2.82. The first-order chi connectivity index (χ1) is 8.63. The van der Waals surface area contributed by atoms with E-state index in [-0.39, 0.29) is 12.1 Å². The highest BCUT2D eigenvalue weighted by Crippen LogP contribution is 2.31. The van der Waals surface area contributed by atoms with Crippen LogP contribution in [0.1, 0.15) is 43.7 Å². The molecule has 1 aliphatic carbocycles. The third-order valence-corrected chi connectivity index (χ3v) is 4.28. The van der Waals surface area contributed by atoms with Gasteiger partial charge in [-0.1, -0.05) is 36.8 Å². The summed E-state index contributed by atoms with van der Waals surface area (Å²) < 4.78 is 0. The maximum atomic E-state index is 9.70. The molecule has 0 atom stereocenters. The van der Waals surface area contributed by atoms with E-state index in [1.165, 1.54) is 24.0 Å². The molecule has 0 heterocycles. The van der Waals surface area contributed by atoms with Crippen LogP contribution in [0.2, 0.25) is 0 Å². The highest BCUT2D eigenvalue weighted by Gasteiger charge is 2.32. The molecule has 0 spiro atoms. The third-order valence-electron chi connectivity index (χ3n) is 4.28. The molecule has 0 aliphatic heterocycles. The molecule has 2 rings (SSSR count). The normalized spacial score (nSPS) is 28.3. The highest BCUT2D eigenvalue weighted by molar-refractivity contribution is 5.22. The molecular formula is C16H25NO. The van der Waals surface area contributed by atoms with Gasteiger partial charge in [-0.25, -0.2) is 0 Å². The summed E-state index contributed by atoms with van der Waals surface area (Å²) in [5.41, 5.74) is 2.56. The van der Waals surface area contributed by atoms with Gasteiger partial charge in [0.05, 0.1) is 6.61 Å². The highest BCUT2D eigenvalue weighted by atomic mass is 16.3. The van der Waals surface area contributed by atoms with E-state index in [2.05, 4.69) is 43.4 Å². The number of hydrogen-bond donors (Lipinski definition) is 2. The van der Waals surface area contributed by atoms with Crippen molar-refractivity contribution in [3.8, 4) is 0 Å². The van der Waals surface area contributed by atoms with E-state index in [1.807, 2.05) is 0 Å². The predicted octanol–water partition coefficient (Wildman–Crippen LogP) is 3.03. The summed E-state index contributed by atoms with van der Waals surface area (Å²) in [6, 6.07) is 8.58. The Bertz CT molecular complexity index is 380. The smallest absolute Gasteiger partial charge is 0.0613 e. The lowest BCUT2D eigenvalue weighted by Gasteiger charge is -2.39. The van der Waals surface area contributed by atoms with Crippen LogP contribution in [0, 0.1) is 12.8 Å². The second-order valence-corrected chi connectivity index (χ2v) is 5.96.